The Morgan fingerprint density at radius 2 is 2.21 bits per heavy atom. The van der Waals surface area contributed by atoms with Crippen molar-refractivity contribution >= 4 is 45.0 Å². The maximum atomic E-state index is 12.1. The predicted molar refractivity (Wildman–Crippen MR) is 78.3 cm³/mol. The van der Waals surface area contributed by atoms with Gasteiger partial charge in [0.15, 0.2) is 0 Å². The van der Waals surface area contributed by atoms with E-state index in [0.717, 1.165) is 10.0 Å². The second kappa shape index (κ2) is 5.51. The molecule has 1 aromatic carbocycles. The van der Waals surface area contributed by atoms with Crippen LogP contribution in [0.5, 0.6) is 0 Å². The first kappa shape index (κ1) is 14.3. The number of hydrogen-bond donors (Lipinski definition) is 1. The van der Waals surface area contributed by atoms with E-state index in [-0.39, 0.29) is 24.2 Å². The molecule has 2 rings (SSSR count). The van der Waals surface area contributed by atoms with Crippen molar-refractivity contribution < 1.29 is 9.59 Å². The molecule has 6 heteroatoms. The van der Waals surface area contributed by atoms with Gasteiger partial charge in [0.25, 0.3) is 0 Å². The SMILES string of the molecule is Cc1cc(Br)c(NC(=O)[C@@H]2CC(=O)N(C)C2)cc1Cl. The van der Waals surface area contributed by atoms with Gasteiger partial charge in [-0.1, -0.05) is 11.6 Å². The van der Waals surface area contributed by atoms with Crippen molar-refractivity contribution in [2.75, 3.05) is 18.9 Å². The fraction of sp³-hybridized carbons (Fsp3) is 0.385. The molecule has 1 aromatic rings. The Balaban J connectivity index is 2.12. The molecule has 1 atom stereocenters. The summed E-state index contributed by atoms with van der Waals surface area (Å²) in [5.41, 5.74) is 1.56. The number of amides is 2. The second-order valence-electron chi connectivity index (χ2n) is 4.75. The zero-order chi connectivity index (χ0) is 14.2. The zero-order valence-electron chi connectivity index (χ0n) is 10.7. The Kier molecular flexibility index (Phi) is 4.16. The van der Waals surface area contributed by atoms with Gasteiger partial charge in [-0.15, -0.1) is 0 Å². The predicted octanol–water partition coefficient (Wildman–Crippen LogP) is 2.83. The van der Waals surface area contributed by atoms with E-state index in [1.165, 1.54) is 0 Å². The van der Waals surface area contributed by atoms with E-state index in [1.807, 2.05) is 13.0 Å². The van der Waals surface area contributed by atoms with Crippen LogP contribution >= 0.6 is 27.5 Å². The number of aryl methyl sites for hydroxylation is 1. The van der Waals surface area contributed by atoms with Crippen LogP contribution in [0.4, 0.5) is 5.69 Å². The van der Waals surface area contributed by atoms with Crippen LogP contribution < -0.4 is 5.32 Å². The number of carbonyl (C=O) groups excluding carboxylic acids is 2. The normalized spacial score (nSPS) is 18.8. The smallest absolute Gasteiger partial charge is 0.229 e. The molecule has 2 amide bonds. The lowest BCUT2D eigenvalue weighted by atomic mass is 10.1. The minimum absolute atomic E-state index is 0.00107. The summed E-state index contributed by atoms with van der Waals surface area (Å²) < 4.78 is 0.778. The van der Waals surface area contributed by atoms with Crippen molar-refractivity contribution in [2.45, 2.75) is 13.3 Å². The van der Waals surface area contributed by atoms with E-state index < -0.39 is 0 Å². The summed E-state index contributed by atoms with van der Waals surface area (Å²) in [7, 11) is 1.70. The monoisotopic (exact) mass is 344 g/mol. The highest BCUT2D eigenvalue weighted by atomic mass is 79.9. The average molecular weight is 346 g/mol. The molecule has 102 valence electrons. The summed E-state index contributed by atoms with van der Waals surface area (Å²) in [6, 6.07) is 3.56. The summed E-state index contributed by atoms with van der Waals surface area (Å²) in [4.78, 5) is 25.1. The van der Waals surface area contributed by atoms with Gasteiger partial charge in [0.05, 0.1) is 11.6 Å². The maximum Gasteiger partial charge on any atom is 0.229 e. The van der Waals surface area contributed by atoms with E-state index in [9.17, 15) is 9.59 Å². The number of carbonyl (C=O) groups is 2. The first-order valence-corrected chi connectivity index (χ1v) is 7.06. The van der Waals surface area contributed by atoms with Crippen LogP contribution in [0.1, 0.15) is 12.0 Å². The van der Waals surface area contributed by atoms with Gasteiger partial charge < -0.3 is 10.2 Å². The molecule has 19 heavy (non-hydrogen) atoms. The van der Waals surface area contributed by atoms with Gasteiger partial charge in [0.1, 0.15) is 0 Å². The second-order valence-corrected chi connectivity index (χ2v) is 6.01. The van der Waals surface area contributed by atoms with Crippen LogP contribution in [0.3, 0.4) is 0 Å². The average Bonchev–Trinajstić information content (AvgIpc) is 2.67. The molecule has 0 spiro atoms. The fourth-order valence-corrected chi connectivity index (χ4v) is 2.74. The molecule has 1 fully saturated rings. The molecule has 0 bridgehead atoms. The van der Waals surface area contributed by atoms with Gasteiger partial charge >= 0.3 is 0 Å². The Morgan fingerprint density at radius 3 is 2.79 bits per heavy atom. The highest BCUT2D eigenvalue weighted by molar-refractivity contribution is 9.10. The number of hydrogen-bond acceptors (Lipinski definition) is 2. The van der Waals surface area contributed by atoms with Gasteiger partial charge in [-0.05, 0) is 40.5 Å². The lowest BCUT2D eigenvalue weighted by Crippen LogP contribution is -2.25. The van der Waals surface area contributed by atoms with Crippen LogP contribution in [-0.4, -0.2) is 30.3 Å². The molecule has 1 aliphatic rings. The standard InChI is InChI=1S/C13H14BrClN2O2/c1-7-3-9(14)11(5-10(7)15)16-13(19)8-4-12(18)17(2)6-8/h3,5,8H,4,6H2,1-2H3,(H,16,19)/t8-/m1/s1. The van der Waals surface area contributed by atoms with Gasteiger partial charge in [-0.25, -0.2) is 0 Å². The highest BCUT2D eigenvalue weighted by Crippen LogP contribution is 2.30. The molecule has 4 nitrogen and oxygen atoms in total. The van der Waals surface area contributed by atoms with E-state index in [0.29, 0.717) is 17.3 Å². The van der Waals surface area contributed by atoms with Gasteiger partial charge in [-0.3, -0.25) is 9.59 Å². The van der Waals surface area contributed by atoms with Crippen LogP contribution in [0.2, 0.25) is 5.02 Å². The first-order chi connectivity index (χ1) is 8.88. The lowest BCUT2D eigenvalue weighted by molar-refractivity contribution is -0.127. The number of nitrogens with one attached hydrogen (secondary N) is 1. The van der Waals surface area contributed by atoms with Gasteiger partial charge in [-0.2, -0.15) is 0 Å². The summed E-state index contributed by atoms with van der Waals surface area (Å²) in [6.07, 6.45) is 0.263. The van der Waals surface area contributed by atoms with Crippen LogP contribution in [-0.2, 0) is 9.59 Å². The largest absolute Gasteiger partial charge is 0.345 e. The topological polar surface area (TPSA) is 49.4 Å². The number of rotatable bonds is 2. The van der Waals surface area contributed by atoms with Crippen LogP contribution in [0.15, 0.2) is 16.6 Å². The highest BCUT2D eigenvalue weighted by Gasteiger charge is 2.32. The van der Waals surface area contributed by atoms with E-state index in [2.05, 4.69) is 21.2 Å². The summed E-state index contributed by atoms with van der Waals surface area (Å²) >= 11 is 9.43. The molecule has 1 N–H and O–H groups in total. The third-order valence-corrected chi connectivity index (χ3v) is 4.28. The lowest BCUT2D eigenvalue weighted by Gasteiger charge is -2.13. The van der Waals surface area contributed by atoms with Crippen molar-refractivity contribution in [1.82, 2.24) is 4.90 Å². The Labute approximate surface area is 125 Å². The number of benzene rings is 1. The molecule has 0 unspecified atom stereocenters. The number of likely N-dealkylation sites (tertiary alicyclic amines) is 1. The molecule has 0 aliphatic carbocycles. The van der Waals surface area contributed by atoms with Crippen molar-refractivity contribution in [3.63, 3.8) is 0 Å². The van der Waals surface area contributed by atoms with Gasteiger partial charge in [0, 0.05) is 29.5 Å². The fourth-order valence-electron chi connectivity index (χ4n) is 2.02. The van der Waals surface area contributed by atoms with E-state index in [4.69, 9.17) is 11.6 Å². The summed E-state index contributed by atoms with van der Waals surface area (Å²) in [6.45, 7) is 2.35. The molecular weight excluding hydrogens is 332 g/mol. The summed E-state index contributed by atoms with van der Waals surface area (Å²) in [5.74, 6) is -0.455. The Bertz CT molecular complexity index is 548. The molecule has 1 saturated heterocycles. The van der Waals surface area contributed by atoms with Gasteiger partial charge in [0.2, 0.25) is 11.8 Å². The molecule has 0 aromatic heterocycles. The van der Waals surface area contributed by atoms with E-state index in [1.54, 1.807) is 18.0 Å². The van der Waals surface area contributed by atoms with Crippen LogP contribution in [0, 0.1) is 12.8 Å². The number of halogens is 2. The first-order valence-electron chi connectivity index (χ1n) is 5.89. The summed E-state index contributed by atoms with van der Waals surface area (Å²) in [5, 5.41) is 3.41. The molecule has 0 radical (unpaired) electrons. The molecule has 1 heterocycles. The third-order valence-electron chi connectivity index (χ3n) is 3.22. The molecule has 0 saturated carbocycles. The minimum atomic E-state index is -0.301. The molecular formula is C13H14BrClN2O2. The number of nitrogens with zero attached hydrogens (tertiary/aromatic N) is 1. The van der Waals surface area contributed by atoms with Crippen molar-refractivity contribution in [3.8, 4) is 0 Å². The number of anilines is 1. The molecule has 1 aliphatic heterocycles. The van der Waals surface area contributed by atoms with E-state index >= 15 is 0 Å². The maximum absolute atomic E-state index is 12.1. The van der Waals surface area contributed by atoms with Crippen molar-refractivity contribution in [3.05, 3.63) is 27.2 Å². The van der Waals surface area contributed by atoms with Crippen molar-refractivity contribution in [1.29, 1.82) is 0 Å². The van der Waals surface area contributed by atoms with Crippen LogP contribution in [0.25, 0.3) is 0 Å². The van der Waals surface area contributed by atoms with Crippen molar-refractivity contribution in [2.24, 2.45) is 5.92 Å². The Hall–Kier alpha value is -1.07. The quantitative estimate of drug-likeness (QED) is 0.896. The third kappa shape index (κ3) is 3.09. The zero-order valence-corrected chi connectivity index (χ0v) is 13.0. The Morgan fingerprint density at radius 1 is 1.53 bits per heavy atom. The minimum Gasteiger partial charge on any atom is -0.345 e.